The molecule has 2 aromatic heterocycles. The van der Waals surface area contributed by atoms with Crippen LogP contribution in [0.4, 0.5) is 0 Å². The second kappa shape index (κ2) is 6.70. The van der Waals surface area contributed by atoms with Gasteiger partial charge in [0.1, 0.15) is 6.04 Å². The fraction of sp³-hybridized carbons (Fsp3) is 0.375. The van der Waals surface area contributed by atoms with Crippen LogP contribution in [0.2, 0.25) is 0 Å². The van der Waals surface area contributed by atoms with Gasteiger partial charge in [0.2, 0.25) is 5.91 Å². The van der Waals surface area contributed by atoms with Crippen LogP contribution in [0.15, 0.2) is 41.5 Å². The number of rotatable bonds is 3. The summed E-state index contributed by atoms with van der Waals surface area (Å²) >= 11 is 0. The lowest BCUT2D eigenvalue weighted by Gasteiger charge is -2.29. The molecule has 0 aliphatic carbocycles. The van der Waals surface area contributed by atoms with Crippen molar-refractivity contribution in [2.24, 2.45) is 0 Å². The maximum absolute atomic E-state index is 12.6. The standard InChI is InChI=1S/C16H18N4O3/c1-12(16(22)19-8-10-23-11-9-19)20-15(21)3-2-14(18-20)13-4-6-17-7-5-13/h2-7,12H,8-11H2,1H3. The van der Waals surface area contributed by atoms with Crippen molar-refractivity contribution < 1.29 is 9.53 Å². The van der Waals surface area contributed by atoms with Crippen LogP contribution in [-0.4, -0.2) is 51.9 Å². The summed E-state index contributed by atoms with van der Waals surface area (Å²) in [7, 11) is 0. The van der Waals surface area contributed by atoms with Gasteiger partial charge in [0.15, 0.2) is 0 Å². The maximum atomic E-state index is 12.6. The van der Waals surface area contributed by atoms with Gasteiger partial charge in [0, 0.05) is 37.1 Å². The lowest BCUT2D eigenvalue weighted by atomic mass is 10.2. The topological polar surface area (TPSA) is 77.3 Å². The van der Waals surface area contributed by atoms with Gasteiger partial charge in [0.25, 0.3) is 5.56 Å². The molecule has 1 fully saturated rings. The number of carbonyl (C=O) groups is 1. The van der Waals surface area contributed by atoms with Crippen molar-refractivity contribution >= 4 is 5.91 Å². The first-order valence-corrected chi connectivity index (χ1v) is 7.53. The Hall–Kier alpha value is -2.54. The van der Waals surface area contributed by atoms with E-state index >= 15 is 0 Å². The number of amides is 1. The van der Waals surface area contributed by atoms with Gasteiger partial charge in [-0.25, -0.2) is 4.68 Å². The molecule has 1 saturated heterocycles. The van der Waals surface area contributed by atoms with Gasteiger partial charge in [-0.15, -0.1) is 0 Å². The van der Waals surface area contributed by atoms with Crippen LogP contribution >= 0.6 is 0 Å². The molecule has 1 amide bonds. The number of ether oxygens (including phenoxy) is 1. The molecule has 0 aromatic carbocycles. The molecule has 120 valence electrons. The average molecular weight is 314 g/mol. The molecular weight excluding hydrogens is 296 g/mol. The van der Waals surface area contributed by atoms with Crippen LogP contribution in [-0.2, 0) is 9.53 Å². The second-order valence-corrected chi connectivity index (χ2v) is 5.35. The van der Waals surface area contributed by atoms with Crippen molar-refractivity contribution in [3.05, 3.63) is 47.0 Å². The molecule has 2 aromatic rings. The lowest BCUT2D eigenvalue weighted by molar-refractivity contribution is -0.138. The van der Waals surface area contributed by atoms with Gasteiger partial charge in [-0.3, -0.25) is 14.6 Å². The molecule has 23 heavy (non-hydrogen) atoms. The van der Waals surface area contributed by atoms with Crippen molar-refractivity contribution in [3.63, 3.8) is 0 Å². The van der Waals surface area contributed by atoms with Gasteiger partial charge in [-0.1, -0.05) is 0 Å². The van der Waals surface area contributed by atoms with Gasteiger partial charge >= 0.3 is 0 Å². The van der Waals surface area contributed by atoms with E-state index in [1.54, 1.807) is 30.3 Å². The Bertz CT molecular complexity index is 738. The molecule has 7 nitrogen and oxygen atoms in total. The summed E-state index contributed by atoms with van der Waals surface area (Å²) in [6.45, 7) is 3.84. The zero-order valence-electron chi connectivity index (χ0n) is 12.9. The van der Waals surface area contributed by atoms with Crippen LogP contribution < -0.4 is 5.56 Å². The van der Waals surface area contributed by atoms with Crippen molar-refractivity contribution in [1.29, 1.82) is 0 Å². The molecule has 1 aliphatic rings. The Kier molecular flexibility index (Phi) is 4.47. The highest BCUT2D eigenvalue weighted by Crippen LogP contribution is 2.15. The number of pyridine rings is 1. The van der Waals surface area contributed by atoms with Crippen molar-refractivity contribution in [2.45, 2.75) is 13.0 Å². The third-order valence-electron chi connectivity index (χ3n) is 3.85. The predicted octanol–water partition coefficient (Wildman–Crippen LogP) is 0.725. The highest BCUT2D eigenvalue weighted by molar-refractivity contribution is 5.80. The van der Waals surface area contributed by atoms with Crippen LogP contribution in [0.3, 0.4) is 0 Å². The normalized spacial score (nSPS) is 16.1. The van der Waals surface area contributed by atoms with E-state index in [0.717, 1.165) is 5.56 Å². The zero-order valence-corrected chi connectivity index (χ0v) is 12.9. The zero-order chi connectivity index (χ0) is 16.2. The Balaban J connectivity index is 1.89. The van der Waals surface area contributed by atoms with E-state index in [1.165, 1.54) is 10.7 Å². The number of hydrogen-bond donors (Lipinski definition) is 0. The molecule has 3 heterocycles. The Morgan fingerprint density at radius 2 is 1.87 bits per heavy atom. The second-order valence-electron chi connectivity index (χ2n) is 5.35. The first-order valence-electron chi connectivity index (χ1n) is 7.53. The summed E-state index contributed by atoms with van der Waals surface area (Å²) in [4.78, 5) is 30.4. The highest BCUT2D eigenvalue weighted by atomic mass is 16.5. The summed E-state index contributed by atoms with van der Waals surface area (Å²) in [6.07, 6.45) is 3.32. The smallest absolute Gasteiger partial charge is 0.267 e. The van der Waals surface area contributed by atoms with E-state index in [4.69, 9.17) is 4.74 Å². The fourth-order valence-corrected chi connectivity index (χ4v) is 2.53. The molecule has 7 heteroatoms. The summed E-state index contributed by atoms with van der Waals surface area (Å²) in [5.74, 6) is -0.116. The van der Waals surface area contributed by atoms with E-state index in [-0.39, 0.29) is 11.5 Å². The van der Waals surface area contributed by atoms with E-state index in [9.17, 15) is 9.59 Å². The molecule has 1 aliphatic heterocycles. The SMILES string of the molecule is CC(C(=O)N1CCOCC1)n1nc(-c2ccncc2)ccc1=O. The fourth-order valence-electron chi connectivity index (χ4n) is 2.53. The van der Waals surface area contributed by atoms with Gasteiger partial charge in [0.05, 0.1) is 18.9 Å². The average Bonchev–Trinajstić information content (AvgIpc) is 2.62. The number of hydrogen-bond acceptors (Lipinski definition) is 5. The van der Waals surface area contributed by atoms with Crippen LogP contribution in [0.5, 0.6) is 0 Å². The quantitative estimate of drug-likeness (QED) is 0.834. The van der Waals surface area contributed by atoms with E-state index in [0.29, 0.717) is 32.0 Å². The van der Waals surface area contributed by atoms with Gasteiger partial charge in [-0.2, -0.15) is 5.10 Å². The Labute approximate surface area is 133 Å². The molecule has 0 N–H and O–H groups in total. The van der Waals surface area contributed by atoms with Crippen LogP contribution in [0.1, 0.15) is 13.0 Å². The monoisotopic (exact) mass is 314 g/mol. The Morgan fingerprint density at radius 3 is 2.57 bits per heavy atom. The highest BCUT2D eigenvalue weighted by Gasteiger charge is 2.25. The van der Waals surface area contributed by atoms with E-state index < -0.39 is 6.04 Å². The summed E-state index contributed by atoms with van der Waals surface area (Å²) in [6, 6.07) is 6.06. The molecular formula is C16H18N4O3. The molecule has 1 atom stereocenters. The molecule has 3 rings (SSSR count). The third kappa shape index (κ3) is 3.29. The lowest BCUT2D eigenvalue weighted by Crippen LogP contribution is -2.45. The minimum atomic E-state index is -0.651. The molecule has 0 spiro atoms. The summed E-state index contributed by atoms with van der Waals surface area (Å²) in [5, 5.41) is 4.36. The van der Waals surface area contributed by atoms with Crippen molar-refractivity contribution in [2.75, 3.05) is 26.3 Å². The maximum Gasteiger partial charge on any atom is 0.267 e. The molecule has 1 unspecified atom stereocenters. The molecule has 0 bridgehead atoms. The predicted molar refractivity (Wildman–Crippen MR) is 83.8 cm³/mol. The third-order valence-corrected chi connectivity index (χ3v) is 3.85. The number of aromatic nitrogens is 3. The number of nitrogens with zero attached hydrogens (tertiary/aromatic N) is 4. The van der Waals surface area contributed by atoms with Crippen LogP contribution in [0, 0.1) is 0 Å². The Morgan fingerprint density at radius 1 is 1.17 bits per heavy atom. The minimum absolute atomic E-state index is 0.116. The number of morpholine rings is 1. The first-order chi connectivity index (χ1) is 11.2. The molecule has 0 radical (unpaired) electrons. The van der Waals surface area contributed by atoms with Crippen molar-refractivity contribution in [1.82, 2.24) is 19.7 Å². The minimum Gasteiger partial charge on any atom is -0.378 e. The van der Waals surface area contributed by atoms with Crippen molar-refractivity contribution in [3.8, 4) is 11.3 Å². The number of carbonyl (C=O) groups excluding carboxylic acids is 1. The van der Waals surface area contributed by atoms with Crippen LogP contribution in [0.25, 0.3) is 11.3 Å². The largest absolute Gasteiger partial charge is 0.378 e. The van der Waals surface area contributed by atoms with E-state index in [1.807, 2.05) is 12.1 Å². The van der Waals surface area contributed by atoms with Gasteiger partial charge < -0.3 is 9.64 Å². The summed E-state index contributed by atoms with van der Waals surface area (Å²) in [5.41, 5.74) is 1.19. The first kappa shape index (κ1) is 15.4. The van der Waals surface area contributed by atoms with E-state index in [2.05, 4.69) is 10.1 Å². The van der Waals surface area contributed by atoms with Gasteiger partial charge in [-0.05, 0) is 25.1 Å². The summed E-state index contributed by atoms with van der Waals surface area (Å²) < 4.78 is 6.50. The molecule has 0 saturated carbocycles.